The summed E-state index contributed by atoms with van der Waals surface area (Å²) in [7, 11) is 0. The summed E-state index contributed by atoms with van der Waals surface area (Å²) in [5.41, 5.74) is 0.533. The van der Waals surface area contributed by atoms with E-state index in [9.17, 15) is 4.79 Å². The van der Waals surface area contributed by atoms with Crippen molar-refractivity contribution in [2.24, 2.45) is 0 Å². The van der Waals surface area contributed by atoms with Gasteiger partial charge in [-0.2, -0.15) is 0 Å². The topological polar surface area (TPSA) is 54.0 Å². The molecule has 0 bridgehead atoms. The molecule has 0 aromatic carbocycles. The summed E-state index contributed by atoms with van der Waals surface area (Å²) in [5, 5.41) is 8.80. The molecule has 1 amide bonds. The van der Waals surface area contributed by atoms with Gasteiger partial charge in [-0.1, -0.05) is 20.8 Å². The number of rotatable bonds is 6. The number of aromatic nitrogens is 1. The van der Waals surface area contributed by atoms with E-state index in [4.69, 9.17) is 0 Å². The lowest BCUT2D eigenvalue weighted by Crippen LogP contribution is -2.31. The van der Waals surface area contributed by atoms with Crippen LogP contribution in [0.3, 0.4) is 0 Å². The van der Waals surface area contributed by atoms with Crippen molar-refractivity contribution >= 4 is 17.2 Å². The van der Waals surface area contributed by atoms with Gasteiger partial charge in [0.15, 0.2) is 0 Å². The third-order valence-corrected chi connectivity index (χ3v) is 3.23. The Labute approximate surface area is 100 Å². The molecule has 4 nitrogen and oxygen atoms in total. The van der Waals surface area contributed by atoms with Gasteiger partial charge in [0.1, 0.15) is 5.69 Å². The lowest BCUT2D eigenvalue weighted by molar-refractivity contribution is 0.0949. The van der Waals surface area contributed by atoms with Crippen LogP contribution >= 0.6 is 11.3 Å². The van der Waals surface area contributed by atoms with Crippen LogP contribution in [0.5, 0.6) is 0 Å². The Morgan fingerprint density at radius 3 is 2.81 bits per heavy atom. The molecule has 0 saturated carbocycles. The van der Waals surface area contributed by atoms with E-state index < -0.39 is 0 Å². The summed E-state index contributed by atoms with van der Waals surface area (Å²) in [6.45, 7) is 8.54. The van der Waals surface area contributed by atoms with Gasteiger partial charge >= 0.3 is 0 Å². The van der Waals surface area contributed by atoms with E-state index in [1.165, 1.54) is 0 Å². The number of likely N-dealkylation sites (N-methyl/N-ethyl adjacent to an activating group) is 1. The molecule has 1 rings (SSSR count). The summed E-state index contributed by atoms with van der Waals surface area (Å²) in [6.07, 6.45) is 0. The zero-order valence-corrected chi connectivity index (χ0v) is 10.9. The molecule has 90 valence electrons. The minimum Gasteiger partial charge on any atom is -0.349 e. The number of amides is 1. The van der Waals surface area contributed by atoms with Crippen molar-refractivity contribution in [3.05, 3.63) is 16.1 Å². The van der Waals surface area contributed by atoms with Crippen LogP contribution in [-0.2, 0) is 0 Å². The second-order valence-corrected chi connectivity index (χ2v) is 4.72. The van der Waals surface area contributed by atoms with Crippen LogP contribution in [0.25, 0.3) is 0 Å². The van der Waals surface area contributed by atoms with Gasteiger partial charge < -0.3 is 10.6 Å². The second kappa shape index (κ2) is 6.60. The monoisotopic (exact) mass is 241 g/mol. The maximum atomic E-state index is 11.6. The van der Waals surface area contributed by atoms with Crippen molar-refractivity contribution in [3.63, 3.8) is 0 Å². The number of hydrogen-bond donors (Lipinski definition) is 2. The molecule has 0 aliphatic carbocycles. The van der Waals surface area contributed by atoms with Crippen LogP contribution in [-0.4, -0.2) is 30.5 Å². The lowest BCUT2D eigenvalue weighted by atomic mass is 10.2. The summed E-state index contributed by atoms with van der Waals surface area (Å²) >= 11 is 1.54. The fraction of sp³-hybridized carbons (Fsp3) is 0.636. The van der Waals surface area contributed by atoms with E-state index in [0.717, 1.165) is 18.1 Å². The number of carbonyl (C=O) groups is 1. The second-order valence-electron chi connectivity index (χ2n) is 3.84. The molecule has 0 aliphatic rings. The van der Waals surface area contributed by atoms with Crippen molar-refractivity contribution in [1.82, 2.24) is 15.6 Å². The fourth-order valence-corrected chi connectivity index (χ4v) is 2.00. The summed E-state index contributed by atoms with van der Waals surface area (Å²) < 4.78 is 0. The molecule has 0 unspecified atom stereocenters. The van der Waals surface area contributed by atoms with E-state index >= 15 is 0 Å². The van der Waals surface area contributed by atoms with Crippen molar-refractivity contribution in [2.45, 2.75) is 26.7 Å². The molecule has 16 heavy (non-hydrogen) atoms. The predicted octanol–water partition coefficient (Wildman–Crippen LogP) is 1.61. The van der Waals surface area contributed by atoms with Gasteiger partial charge in [-0.05, 0) is 6.54 Å². The molecule has 0 radical (unpaired) electrons. The van der Waals surface area contributed by atoms with Crippen LogP contribution in [0.2, 0.25) is 0 Å². The molecule has 1 heterocycles. The van der Waals surface area contributed by atoms with Gasteiger partial charge in [0.2, 0.25) is 0 Å². The smallest absolute Gasteiger partial charge is 0.270 e. The highest BCUT2D eigenvalue weighted by atomic mass is 32.1. The predicted molar refractivity (Wildman–Crippen MR) is 67.1 cm³/mol. The van der Waals surface area contributed by atoms with Gasteiger partial charge in [-0.25, -0.2) is 4.98 Å². The first kappa shape index (κ1) is 13.1. The Morgan fingerprint density at radius 2 is 2.25 bits per heavy atom. The fourth-order valence-electron chi connectivity index (χ4n) is 1.19. The molecule has 0 saturated heterocycles. The molecular formula is C11H19N3OS. The van der Waals surface area contributed by atoms with Gasteiger partial charge in [0.25, 0.3) is 5.91 Å². The molecule has 0 atom stereocenters. The first-order valence-corrected chi connectivity index (χ1v) is 6.47. The zero-order valence-electron chi connectivity index (χ0n) is 10.0. The van der Waals surface area contributed by atoms with E-state index in [0.29, 0.717) is 18.2 Å². The highest BCUT2D eigenvalue weighted by molar-refractivity contribution is 7.09. The first-order valence-electron chi connectivity index (χ1n) is 5.59. The molecule has 0 fully saturated rings. The van der Waals surface area contributed by atoms with Crippen LogP contribution in [0, 0.1) is 0 Å². The van der Waals surface area contributed by atoms with Crippen LogP contribution in [0.15, 0.2) is 5.38 Å². The SMILES string of the molecule is CCNCCNC(=O)c1csc(C(C)C)n1. The largest absolute Gasteiger partial charge is 0.349 e. The Bertz CT molecular complexity index is 336. The maximum absolute atomic E-state index is 11.6. The number of nitrogens with one attached hydrogen (secondary N) is 2. The average molecular weight is 241 g/mol. The lowest BCUT2D eigenvalue weighted by Gasteiger charge is -2.03. The van der Waals surface area contributed by atoms with Crippen molar-refractivity contribution in [2.75, 3.05) is 19.6 Å². The van der Waals surface area contributed by atoms with E-state index in [2.05, 4.69) is 29.5 Å². The van der Waals surface area contributed by atoms with Crippen LogP contribution in [0.4, 0.5) is 0 Å². The van der Waals surface area contributed by atoms with Crippen LogP contribution in [0.1, 0.15) is 42.2 Å². The molecule has 5 heteroatoms. The zero-order chi connectivity index (χ0) is 12.0. The third kappa shape index (κ3) is 3.90. The highest BCUT2D eigenvalue weighted by Gasteiger charge is 2.11. The van der Waals surface area contributed by atoms with Crippen LogP contribution < -0.4 is 10.6 Å². The molecule has 0 spiro atoms. The van der Waals surface area contributed by atoms with E-state index in [-0.39, 0.29) is 5.91 Å². The normalized spacial score (nSPS) is 10.8. The van der Waals surface area contributed by atoms with Gasteiger partial charge in [-0.15, -0.1) is 11.3 Å². The average Bonchev–Trinajstić information content (AvgIpc) is 2.73. The van der Waals surface area contributed by atoms with Crippen molar-refractivity contribution < 1.29 is 4.79 Å². The van der Waals surface area contributed by atoms with E-state index in [1.54, 1.807) is 11.3 Å². The Balaban J connectivity index is 2.40. The van der Waals surface area contributed by atoms with Crippen molar-refractivity contribution in [3.8, 4) is 0 Å². The quantitative estimate of drug-likeness (QED) is 0.744. The maximum Gasteiger partial charge on any atom is 0.270 e. The summed E-state index contributed by atoms with van der Waals surface area (Å²) in [6, 6.07) is 0. The first-order chi connectivity index (χ1) is 7.65. The Kier molecular flexibility index (Phi) is 5.42. The molecule has 0 aliphatic heterocycles. The number of nitrogens with zero attached hydrogens (tertiary/aromatic N) is 1. The van der Waals surface area contributed by atoms with E-state index in [1.807, 2.05) is 12.3 Å². The molecule has 2 N–H and O–H groups in total. The molecule has 1 aromatic rings. The number of hydrogen-bond acceptors (Lipinski definition) is 4. The number of thiazole rings is 1. The van der Waals surface area contributed by atoms with Crippen molar-refractivity contribution in [1.29, 1.82) is 0 Å². The third-order valence-electron chi connectivity index (χ3n) is 2.09. The molecule has 1 aromatic heterocycles. The Hall–Kier alpha value is -0.940. The van der Waals surface area contributed by atoms with Gasteiger partial charge in [0.05, 0.1) is 5.01 Å². The summed E-state index contributed by atoms with van der Waals surface area (Å²) in [5.74, 6) is 0.300. The van der Waals surface area contributed by atoms with Gasteiger partial charge in [0, 0.05) is 24.4 Å². The minimum absolute atomic E-state index is 0.0824. The van der Waals surface area contributed by atoms with Gasteiger partial charge in [-0.3, -0.25) is 4.79 Å². The Morgan fingerprint density at radius 1 is 1.50 bits per heavy atom. The highest BCUT2D eigenvalue weighted by Crippen LogP contribution is 2.18. The minimum atomic E-state index is -0.0824. The summed E-state index contributed by atoms with van der Waals surface area (Å²) in [4.78, 5) is 15.9. The number of carbonyl (C=O) groups excluding carboxylic acids is 1. The molecular weight excluding hydrogens is 222 g/mol. The standard InChI is InChI=1S/C11H19N3OS/c1-4-12-5-6-13-10(15)9-7-16-11(14-9)8(2)3/h7-8,12H,4-6H2,1-3H3,(H,13,15).